The molecule has 4 rings (SSSR count). The van der Waals surface area contributed by atoms with Gasteiger partial charge in [0.1, 0.15) is 11.5 Å². The van der Waals surface area contributed by atoms with Gasteiger partial charge in [-0.15, -0.1) is 0 Å². The molecule has 1 saturated carbocycles. The summed E-state index contributed by atoms with van der Waals surface area (Å²) in [6.07, 6.45) is 4.68. The molecule has 2 atom stereocenters. The van der Waals surface area contributed by atoms with Crippen molar-refractivity contribution in [1.29, 1.82) is 0 Å². The van der Waals surface area contributed by atoms with E-state index in [4.69, 9.17) is 4.42 Å². The number of H-pyrrole nitrogens is 1. The zero-order chi connectivity index (χ0) is 16.0. The average Bonchev–Trinajstić information content (AvgIpc) is 3.21. The second-order valence-electron chi connectivity index (χ2n) is 6.90. The molecular formula is C17H21N3O3. The number of hydrogen-bond donors (Lipinski definition) is 2. The molecule has 1 aliphatic carbocycles. The highest BCUT2D eigenvalue weighted by molar-refractivity contribution is 5.76. The highest BCUT2D eigenvalue weighted by Gasteiger charge is 2.54. The molecule has 0 amide bonds. The molecule has 0 unspecified atom stereocenters. The van der Waals surface area contributed by atoms with Gasteiger partial charge in [-0.2, -0.15) is 5.10 Å². The molecule has 2 aromatic heterocycles. The number of aliphatic carboxylic acids is 1. The average molecular weight is 315 g/mol. The molecule has 6 nitrogen and oxygen atoms in total. The maximum absolute atomic E-state index is 11.8. The fraction of sp³-hybridized carbons (Fsp3) is 0.529. The lowest BCUT2D eigenvalue weighted by Crippen LogP contribution is -2.35. The number of aromatic nitrogens is 2. The van der Waals surface area contributed by atoms with Crippen LogP contribution in [0.3, 0.4) is 0 Å². The monoisotopic (exact) mass is 315 g/mol. The number of carboxylic acid groups (broad SMARTS) is 1. The SMILES string of the molecule is Cc1ccc(-c2[nH]ncc2CN2C[C@@H]3CCC[C@@]3(C(=O)O)C2)o1. The van der Waals surface area contributed by atoms with Crippen molar-refractivity contribution in [3.05, 3.63) is 29.7 Å². The van der Waals surface area contributed by atoms with Crippen molar-refractivity contribution in [3.63, 3.8) is 0 Å². The van der Waals surface area contributed by atoms with Gasteiger partial charge in [0.15, 0.2) is 5.76 Å². The third kappa shape index (κ3) is 2.28. The number of nitrogens with zero attached hydrogens (tertiary/aromatic N) is 2. The van der Waals surface area contributed by atoms with Gasteiger partial charge in [0.05, 0.1) is 11.6 Å². The zero-order valence-corrected chi connectivity index (χ0v) is 13.2. The Bertz CT molecular complexity index is 735. The zero-order valence-electron chi connectivity index (χ0n) is 13.2. The molecule has 2 aliphatic rings. The lowest BCUT2D eigenvalue weighted by molar-refractivity contribution is -0.149. The molecule has 2 fully saturated rings. The smallest absolute Gasteiger partial charge is 0.311 e. The van der Waals surface area contributed by atoms with Crippen molar-refractivity contribution in [1.82, 2.24) is 15.1 Å². The van der Waals surface area contributed by atoms with Crippen molar-refractivity contribution < 1.29 is 14.3 Å². The van der Waals surface area contributed by atoms with E-state index in [-0.39, 0.29) is 5.92 Å². The summed E-state index contributed by atoms with van der Waals surface area (Å²) in [5.74, 6) is 1.29. The van der Waals surface area contributed by atoms with E-state index in [0.717, 1.165) is 48.6 Å². The lowest BCUT2D eigenvalue weighted by atomic mass is 9.81. The molecule has 2 aromatic rings. The van der Waals surface area contributed by atoms with E-state index < -0.39 is 11.4 Å². The summed E-state index contributed by atoms with van der Waals surface area (Å²) in [5.41, 5.74) is 1.41. The topological polar surface area (TPSA) is 82.4 Å². The minimum Gasteiger partial charge on any atom is -0.481 e. The van der Waals surface area contributed by atoms with Crippen LogP contribution in [0.5, 0.6) is 0 Å². The van der Waals surface area contributed by atoms with Gasteiger partial charge in [0.2, 0.25) is 0 Å². The molecule has 0 bridgehead atoms. The van der Waals surface area contributed by atoms with E-state index in [9.17, 15) is 9.90 Å². The molecule has 2 N–H and O–H groups in total. The van der Waals surface area contributed by atoms with Gasteiger partial charge in [0.25, 0.3) is 0 Å². The molecule has 0 spiro atoms. The van der Waals surface area contributed by atoms with Crippen molar-refractivity contribution >= 4 is 5.97 Å². The van der Waals surface area contributed by atoms with E-state index in [2.05, 4.69) is 15.1 Å². The second-order valence-corrected chi connectivity index (χ2v) is 6.90. The summed E-state index contributed by atoms with van der Waals surface area (Å²) in [6.45, 7) is 4.11. The normalized spacial score (nSPS) is 27.4. The molecule has 0 aromatic carbocycles. The number of carboxylic acids is 1. The Morgan fingerprint density at radius 3 is 3.13 bits per heavy atom. The molecule has 6 heteroatoms. The van der Waals surface area contributed by atoms with Crippen molar-refractivity contribution in [2.24, 2.45) is 11.3 Å². The Labute approximate surface area is 134 Å². The Balaban J connectivity index is 1.55. The molecule has 122 valence electrons. The molecule has 1 aliphatic heterocycles. The van der Waals surface area contributed by atoms with Gasteiger partial charge in [0, 0.05) is 25.2 Å². The Morgan fingerprint density at radius 2 is 2.43 bits per heavy atom. The molecule has 3 heterocycles. The van der Waals surface area contributed by atoms with Gasteiger partial charge in [-0.1, -0.05) is 6.42 Å². The van der Waals surface area contributed by atoms with Crippen LogP contribution in [-0.2, 0) is 11.3 Å². The first-order valence-corrected chi connectivity index (χ1v) is 8.13. The maximum atomic E-state index is 11.8. The van der Waals surface area contributed by atoms with Crippen LogP contribution >= 0.6 is 0 Å². The van der Waals surface area contributed by atoms with Crippen LogP contribution in [0.15, 0.2) is 22.7 Å². The van der Waals surface area contributed by atoms with E-state index in [0.29, 0.717) is 13.1 Å². The maximum Gasteiger partial charge on any atom is 0.311 e. The van der Waals surface area contributed by atoms with E-state index in [1.54, 1.807) is 0 Å². The Hall–Kier alpha value is -2.08. The number of nitrogens with one attached hydrogen (secondary N) is 1. The molecule has 23 heavy (non-hydrogen) atoms. The van der Waals surface area contributed by atoms with Gasteiger partial charge in [-0.05, 0) is 37.8 Å². The van der Waals surface area contributed by atoms with Crippen LogP contribution in [0.25, 0.3) is 11.5 Å². The number of rotatable bonds is 4. The summed E-state index contributed by atoms with van der Waals surface area (Å²) in [5, 5.41) is 16.8. The largest absolute Gasteiger partial charge is 0.481 e. The predicted octanol–water partition coefficient (Wildman–Crippen LogP) is 2.66. The number of hydrogen-bond acceptors (Lipinski definition) is 4. The third-order valence-corrected chi connectivity index (χ3v) is 5.47. The van der Waals surface area contributed by atoms with Crippen LogP contribution in [0.4, 0.5) is 0 Å². The lowest BCUT2D eigenvalue weighted by Gasteiger charge is -2.23. The number of furan rings is 1. The number of aryl methyl sites for hydroxylation is 1. The van der Waals surface area contributed by atoms with Crippen LogP contribution in [0, 0.1) is 18.3 Å². The number of carbonyl (C=O) groups is 1. The first-order chi connectivity index (χ1) is 11.1. The van der Waals surface area contributed by atoms with Crippen molar-refractivity contribution in [2.75, 3.05) is 13.1 Å². The third-order valence-electron chi connectivity index (χ3n) is 5.47. The predicted molar refractivity (Wildman–Crippen MR) is 83.7 cm³/mol. The first-order valence-electron chi connectivity index (χ1n) is 8.13. The molecule has 1 saturated heterocycles. The van der Waals surface area contributed by atoms with Gasteiger partial charge < -0.3 is 9.52 Å². The second kappa shape index (κ2) is 5.23. The number of likely N-dealkylation sites (tertiary alicyclic amines) is 1. The summed E-state index contributed by atoms with van der Waals surface area (Å²) >= 11 is 0. The summed E-state index contributed by atoms with van der Waals surface area (Å²) < 4.78 is 5.68. The first kappa shape index (κ1) is 14.5. The number of aromatic amines is 1. The fourth-order valence-electron chi connectivity index (χ4n) is 4.32. The molecular weight excluding hydrogens is 294 g/mol. The van der Waals surface area contributed by atoms with Gasteiger partial charge >= 0.3 is 5.97 Å². The highest BCUT2D eigenvalue weighted by Crippen LogP contribution is 2.49. The standard InChI is InChI=1S/C17H21N3O3/c1-11-4-5-14(23-11)15-12(7-18-19-15)8-20-9-13-3-2-6-17(13,10-20)16(21)22/h4-5,7,13H,2-3,6,8-10H2,1H3,(H,18,19)(H,21,22)/t13-,17+/m0/s1. The minimum absolute atomic E-state index is 0.279. The number of fused-ring (bicyclic) bond motifs is 1. The molecule has 0 radical (unpaired) electrons. The van der Waals surface area contributed by atoms with Crippen molar-refractivity contribution in [2.45, 2.75) is 32.7 Å². The van der Waals surface area contributed by atoms with E-state index in [1.807, 2.05) is 25.3 Å². The summed E-state index contributed by atoms with van der Waals surface area (Å²) in [7, 11) is 0. The fourth-order valence-corrected chi connectivity index (χ4v) is 4.32. The van der Waals surface area contributed by atoms with Crippen LogP contribution in [0.1, 0.15) is 30.6 Å². The Morgan fingerprint density at radius 1 is 1.57 bits per heavy atom. The van der Waals surface area contributed by atoms with Gasteiger partial charge in [-0.3, -0.25) is 14.8 Å². The Kier molecular flexibility index (Phi) is 3.30. The van der Waals surface area contributed by atoms with E-state index in [1.165, 1.54) is 0 Å². The summed E-state index contributed by atoms with van der Waals surface area (Å²) in [6, 6.07) is 3.86. The highest BCUT2D eigenvalue weighted by atomic mass is 16.4. The minimum atomic E-state index is -0.628. The van der Waals surface area contributed by atoms with Crippen LogP contribution < -0.4 is 0 Å². The summed E-state index contributed by atoms with van der Waals surface area (Å²) in [4.78, 5) is 14.0. The van der Waals surface area contributed by atoms with Gasteiger partial charge in [-0.25, -0.2) is 0 Å². The van der Waals surface area contributed by atoms with Crippen LogP contribution in [-0.4, -0.2) is 39.3 Å². The van der Waals surface area contributed by atoms with Crippen LogP contribution in [0.2, 0.25) is 0 Å². The van der Waals surface area contributed by atoms with E-state index >= 15 is 0 Å². The quantitative estimate of drug-likeness (QED) is 0.906. The van der Waals surface area contributed by atoms with Crippen molar-refractivity contribution in [3.8, 4) is 11.5 Å².